The van der Waals surface area contributed by atoms with Crippen molar-refractivity contribution in [2.75, 3.05) is 13.1 Å². The first-order chi connectivity index (χ1) is 16.1. The Kier molecular flexibility index (Phi) is 6.24. The van der Waals surface area contributed by atoms with Crippen LogP contribution in [-0.2, 0) is 17.8 Å². The van der Waals surface area contributed by atoms with Crippen LogP contribution >= 0.6 is 0 Å². The SMILES string of the molecule is O=C(CC1CCCCC1)N1CCc2nc([C@@H]3CCCN3C(=O)c3ccccn3)[nH]c(=O)c2C1. The number of likely N-dealkylation sites (tertiary alicyclic amines) is 1. The highest BCUT2D eigenvalue weighted by Gasteiger charge is 2.34. The summed E-state index contributed by atoms with van der Waals surface area (Å²) in [6, 6.07) is 5.03. The number of hydrogen-bond donors (Lipinski definition) is 1. The van der Waals surface area contributed by atoms with E-state index in [-0.39, 0.29) is 23.4 Å². The average molecular weight is 450 g/mol. The smallest absolute Gasteiger partial charge is 0.273 e. The maximum Gasteiger partial charge on any atom is 0.273 e. The maximum absolute atomic E-state index is 13.0. The number of rotatable bonds is 4. The average Bonchev–Trinajstić information content (AvgIpc) is 3.34. The Bertz CT molecular complexity index is 1080. The van der Waals surface area contributed by atoms with Gasteiger partial charge in [0.15, 0.2) is 0 Å². The van der Waals surface area contributed by atoms with E-state index in [0.29, 0.717) is 55.5 Å². The van der Waals surface area contributed by atoms with Crippen molar-refractivity contribution in [3.8, 4) is 0 Å². The van der Waals surface area contributed by atoms with E-state index in [9.17, 15) is 14.4 Å². The lowest BCUT2D eigenvalue weighted by atomic mass is 9.86. The van der Waals surface area contributed by atoms with E-state index in [2.05, 4.69) is 9.97 Å². The minimum absolute atomic E-state index is 0.141. The molecule has 4 heterocycles. The Morgan fingerprint density at radius 2 is 1.91 bits per heavy atom. The van der Waals surface area contributed by atoms with E-state index < -0.39 is 0 Å². The zero-order valence-corrected chi connectivity index (χ0v) is 19.0. The topological polar surface area (TPSA) is 99.3 Å². The fraction of sp³-hybridized carbons (Fsp3) is 0.560. The third-order valence-electron chi connectivity index (χ3n) is 7.34. The van der Waals surface area contributed by atoms with Crippen LogP contribution in [0.3, 0.4) is 0 Å². The number of pyridine rings is 1. The van der Waals surface area contributed by atoms with Gasteiger partial charge in [0.1, 0.15) is 11.5 Å². The van der Waals surface area contributed by atoms with Crippen LogP contribution in [0.4, 0.5) is 0 Å². The van der Waals surface area contributed by atoms with Gasteiger partial charge in [-0.05, 0) is 43.7 Å². The molecule has 0 unspecified atom stereocenters. The predicted octanol–water partition coefficient (Wildman–Crippen LogP) is 3.00. The van der Waals surface area contributed by atoms with E-state index in [4.69, 9.17) is 4.98 Å². The lowest BCUT2D eigenvalue weighted by molar-refractivity contribution is -0.133. The molecule has 0 bridgehead atoms. The quantitative estimate of drug-likeness (QED) is 0.774. The summed E-state index contributed by atoms with van der Waals surface area (Å²) in [7, 11) is 0. The number of carbonyl (C=O) groups excluding carboxylic acids is 2. The van der Waals surface area contributed by atoms with Crippen molar-refractivity contribution < 1.29 is 9.59 Å². The van der Waals surface area contributed by atoms with Gasteiger partial charge in [0.05, 0.1) is 23.8 Å². The van der Waals surface area contributed by atoms with Gasteiger partial charge in [-0.3, -0.25) is 19.4 Å². The van der Waals surface area contributed by atoms with Crippen molar-refractivity contribution in [1.82, 2.24) is 24.8 Å². The van der Waals surface area contributed by atoms with Gasteiger partial charge < -0.3 is 14.8 Å². The summed E-state index contributed by atoms with van der Waals surface area (Å²) >= 11 is 0. The number of aromatic amines is 1. The third kappa shape index (κ3) is 4.56. The second-order valence-corrected chi connectivity index (χ2v) is 9.52. The molecule has 2 fully saturated rings. The van der Waals surface area contributed by atoms with Crippen LogP contribution < -0.4 is 5.56 Å². The highest BCUT2D eigenvalue weighted by atomic mass is 16.2. The molecule has 33 heavy (non-hydrogen) atoms. The Morgan fingerprint density at radius 3 is 2.70 bits per heavy atom. The Labute approximate surface area is 193 Å². The molecule has 1 atom stereocenters. The van der Waals surface area contributed by atoms with Gasteiger partial charge in [0.25, 0.3) is 11.5 Å². The van der Waals surface area contributed by atoms with Crippen LogP contribution in [0.25, 0.3) is 0 Å². The second kappa shape index (κ2) is 9.45. The number of fused-ring (bicyclic) bond motifs is 1. The lowest BCUT2D eigenvalue weighted by Gasteiger charge is -2.31. The number of hydrogen-bond acceptors (Lipinski definition) is 5. The molecule has 2 aliphatic heterocycles. The van der Waals surface area contributed by atoms with E-state index in [1.165, 1.54) is 19.3 Å². The summed E-state index contributed by atoms with van der Waals surface area (Å²) in [4.78, 5) is 54.3. The summed E-state index contributed by atoms with van der Waals surface area (Å²) in [6.07, 6.45) is 10.4. The largest absolute Gasteiger partial charge is 0.338 e. The third-order valence-corrected chi connectivity index (χ3v) is 7.34. The van der Waals surface area contributed by atoms with Gasteiger partial charge in [0.2, 0.25) is 5.91 Å². The first-order valence-corrected chi connectivity index (χ1v) is 12.2. The molecule has 0 radical (unpaired) electrons. The number of carbonyl (C=O) groups is 2. The number of nitrogens with one attached hydrogen (secondary N) is 1. The zero-order chi connectivity index (χ0) is 22.8. The first-order valence-electron chi connectivity index (χ1n) is 12.2. The monoisotopic (exact) mass is 449 g/mol. The number of amides is 2. The van der Waals surface area contributed by atoms with Gasteiger partial charge in [-0.15, -0.1) is 0 Å². The fourth-order valence-corrected chi connectivity index (χ4v) is 5.51. The molecule has 5 rings (SSSR count). The molecule has 2 aromatic heterocycles. The zero-order valence-electron chi connectivity index (χ0n) is 19.0. The number of nitrogens with zero attached hydrogens (tertiary/aromatic N) is 4. The number of H-pyrrole nitrogens is 1. The molecular weight excluding hydrogens is 418 g/mol. The van der Waals surface area contributed by atoms with Crippen LogP contribution in [0, 0.1) is 5.92 Å². The molecule has 1 saturated heterocycles. The van der Waals surface area contributed by atoms with E-state index in [0.717, 1.165) is 31.4 Å². The highest BCUT2D eigenvalue weighted by molar-refractivity contribution is 5.92. The van der Waals surface area contributed by atoms with E-state index in [1.54, 1.807) is 29.3 Å². The van der Waals surface area contributed by atoms with E-state index in [1.807, 2.05) is 4.90 Å². The van der Waals surface area contributed by atoms with Gasteiger partial charge in [0, 0.05) is 32.1 Å². The Balaban J connectivity index is 1.31. The summed E-state index contributed by atoms with van der Waals surface area (Å²) in [5.74, 6) is 1.04. The van der Waals surface area contributed by atoms with Crippen molar-refractivity contribution in [3.05, 3.63) is 57.5 Å². The molecule has 2 amide bonds. The van der Waals surface area contributed by atoms with Crippen LogP contribution in [0.15, 0.2) is 29.2 Å². The van der Waals surface area contributed by atoms with Gasteiger partial charge in [-0.1, -0.05) is 25.3 Å². The van der Waals surface area contributed by atoms with Crippen molar-refractivity contribution in [1.29, 1.82) is 0 Å². The molecule has 8 nitrogen and oxygen atoms in total. The molecule has 1 aliphatic carbocycles. The molecule has 0 spiro atoms. The summed E-state index contributed by atoms with van der Waals surface area (Å²) in [5.41, 5.74) is 1.55. The molecule has 2 aromatic rings. The van der Waals surface area contributed by atoms with Crippen LogP contribution in [-0.4, -0.2) is 49.7 Å². The van der Waals surface area contributed by atoms with E-state index >= 15 is 0 Å². The molecule has 3 aliphatic rings. The highest BCUT2D eigenvalue weighted by Crippen LogP contribution is 2.32. The predicted molar refractivity (Wildman–Crippen MR) is 122 cm³/mol. The number of aromatic nitrogens is 3. The molecule has 1 N–H and O–H groups in total. The molecule has 8 heteroatoms. The molecule has 174 valence electrons. The first kappa shape index (κ1) is 21.8. The minimum atomic E-state index is -0.261. The summed E-state index contributed by atoms with van der Waals surface area (Å²) < 4.78 is 0. The van der Waals surface area contributed by atoms with Gasteiger partial charge in [-0.2, -0.15) is 0 Å². The Hall–Kier alpha value is -3.03. The normalized spacial score (nSPS) is 21.2. The standard InChI is InChI=1S/C25H31N5O3/c31-22(15-17-7-2-1-3-8-17)29-14-11-19-18(16-29)24(32)28-23(27-19)21-10-6-13-30(21)25(33)20-9-4-5-12-26-20/h4-5,9,12,17,21H,1-3,6-8,10-11,13-16H2,(H,27,28,32)/t21-/m0/s1. The Morgan fingerprint density at radius 1 is 1.06 bits per heavy atom. The van der Waals surface area contributed by atoms with Crippen LogP contribution in [0.5, 0.6) is 0 Å². The molecule has 0 aromatic carbocycles. The fourth-order valence-electron chi connectivity index (χ4n) is 5.51. The van der Waals surface area contributed by atoms with Crippen molar-refractivity contribution in [3.63, 3.8) is 0 Å². The maximum atomic E-state index is 13.0. The van der Waals surface area contributed by atoms with Gasteiger partial charge >= 0.3 is 0 Å². The molecule has 1 saturated carbocycles. The van der Waals surface area contributed by atoms with Crippen LogP contribution in [0.2, 0.25) is 0 Å². The summed E-state index contributed by atoms with van der Waals surface area (Å²) in [6.45, 7) is 1.53. The second-order valence-electron chi connectivity index (χ2n) is 9.52. The minimum Gasteiger partial charge on any atom is -0.338 e. The van der Waals surface area contributed by atoms with Crippen molar-refractivity contribution >= 4 is 11.8 Å². The van der Waals surface area contributed by atoms with Gasteiger partial charge in [-0.25, -0.2) is 4.98 Å². The van der Waals surface area contributed by atoms with Crippen LogP contribution in [0.1, 0.15) is 85.0 Å². The van der Waals surface area contributed by atoms with Crippen molar-refractivity contribution in [2.45, 2.75) is 70.4 Å². The molecular formula is C25H31N5O3. The van der Waals surface area contributed by atoms with Crippen molar-refractivity contribution in [2.24, 2.45) is 5.92 Å². The summed E-state index contributed by atoms with van der Waals surface area (Å²) in [5, 5.41) is 0. The lowest BCUT2D eigenvalue weighted by Crippen LogP contribution is -2.41.